The Labute approximate surface area is 57.1 Å². The first-order chi connectivity index (χ1) is 4.31. The molecule has 0 spiro atoms. The third-order valence-electron chi connectivity index (χ3n) is 1.03. The van der Waals surface area contributed by atoms with Crippen molar-refractivity contribution in [3.8, 4) is 11.8 Å². The topological polar surface area (TPSA) is 20.2 Å². The summed E-state index contributed by atoms with van der Waals surface area (Å²) in [4.78, 5) is 0. The van der Waals surface area contributed by atoms with Crippen LogP contribution in [0.2, 0.25) is 0 Å². The van der Waals surface area contributed by atoms with Crippen LogP contribution in [0.1, 0.15) is 33.1 Å². The van der Waals surface area contributed by atoms with Crippen molar-refractivity contribution in [1.82, 2.24) is 0 Å². The summed E-state index contributed by atoms with van der Waals surface area (Å²) >= 11 is 0. The van der Waals surface area contributed by atoms with Crippen molar-refractivity contribution in [3.05, 3.63) is 0 Å². The fraction of sp³-hybridized carbons (Fsp3) is 0.750. The van der Waals surface area contributed by atoms with E-state index in [4.69, 9.17) is 5.11 Å². The second-order valence-corrected chi connectivity index (χ2v) is 2.00. The molecule has 0 aromatic heterocycles. The van der Waals surface area contributed by atoms with Crippen molar-refractivity contribution in [2.24, 2.45) is 0 Å². The molecule has 9 heavy (non-hydrogen) atoms. The lowest BCUT2D eigenvalue weighted by Gasteiger charge is -1.92. The van der Waals surface area contributed by atoms with E-state index >= 15 is 0 Å². The highest BCUT2D eigenvalue weighted by Crippen LogP contribution is 1.87. The predicted molar refractivity (Wildman–Crippen MR) is 39.0 cm³/mol. The Morgan fingerprint density at radius 1 is 1.44 bits per heavy atom. The molecule has 1 atom stereocenters. The monoisotopic (exact) mass is 126 g/mol. The maximum Gasteiger partial charge on any atom is 0.114 e. The number of rotatable bonds is 2. The first kappa shape index (κ1) is 8.52. The molecule has 0 fully saturated rings. The highest BCUT2D eigenvalue weighted by molar-refractivity contribution is 5.03. The molecule has 0 rings (SSSR count). The number of aliphatic hydroxyl groups is 1. The van der Waals surface area contributed by atoms with Gasteiger partial charge in [0.2, 0.25) is 0 Å². The van der Waals surface area contributed by atoms with Gasteiger partial charge in [0.25, 0.3) is 0 Å². The highest BCUT2D eigenvalue weighted by atomic mass is 16.3. The van der Waals surface area contributed by atoms with Gasteiger partial charge in [0, 0.05) is 6.42 Å². The molecule has 0 aromatic carbocycles. The lowest BCUT2D eigenvalue weighted by molar-refractivity contribution is 0.228. The molecule has 0 aliphatic heterocycles. The van der Waals surface area contributed by atoms with E-state index in [0.717, 1.165) is 19.3 Å². The van der Waals surface area contributed by atoms with Crippen molar-refractivity contribution < 1.29 is 5.11 Å². The van der Waals surface area contributed by atoms with Gasteiger partial charge in [0.15, 0.2) is 0 Å². The summed E-state index contributed by atoms with van der Waals surface area (Å²) in [6, 6.07) is 0. The summed E-state index contributed by atoms with van der Waals surface area (Å²) in [5.41, 5.74) is 0. The molecule has 0 amide bonds. The minimum absolute atomic E-state index is 0.406. The van der Waals surface area contributed by atoms with Crippen LogP contribution in [0.5, 0.6) is 0 Å². The lowest BCUT2D eigenvalue weighted by Crippen LogP contribution is -1.98. The molecule has 1 nitrogen and oxygen atoms in total. The maximum atomic E-state index is 8.91. The van der Waals surface area contributed by atoms with Crippen molar-refractivity contribution >= 4 is 0 Å². The summed E-state index contributed by atoms with van der Waals surface area (Å²) < 4.78 is 0. The van der Waals surface area contributed by atoms with Crippen LogP contribution in [0.15, 0.2) is 0 Å². The van der Waals surface area contributed by atoms with Gasteiger partial charge in [-0.15, -0.1) is 5.92 Å². The average Bonchev–Trinajstić information content (AvgIpc) is 1.89. The molecule has 0 saturated carbocycles. The number of unbranched alkanes of at least 4 members (excludes halogenated alkanes) is 1. The zero-order chi connectivity index (χ0) is 7.11. The quantitative estimate of drug-likeness (QED) is 0.557. The number of hydrogen-bond acceptors (Lipinski definition) is 1. The van der Waals surface area contributed by atoms with E-state index in [9.17, 15) is 0 Å². The summed E-state index contributed by atoms with van der Waals surface area (Å²) in [5, 5.41) is 8.91. The molecular weight excluding hydrogens is 112 g/mol. The molecule has 1 heteroatoms. The number of aliphatic hydroxyl groups excluding tert-OH is 1. The van der Waals surface area contributed by atoms with Gasteiger partial charge in [-0.1, -0.05) is 19.8 Å². The van der Waals surface area contributed by atoms with E-state index in [2.05, 4.69) is 18.8 Å². The van der Waals surface area contributed by atoms with E-state index in [1.807, 2.05) is 6.92 Å². The maximum absolute atomic E-state index is 8.91. The lowest BCUT2D eigenvalue weighted by atomic mass is 10.2. The SMILES string of the molecule is CCCC#C[C@@H](O)CC. The zero-order valence-electron chi connectivity index (χ0n) is 6.15. The first-order valence-electron chi connectivity index (χ1n) is 3.47. The second kappa shape index (κ2) is 5.65. The van der Waals surface area contributed by atoms with Gasteiger partial charge >= 0.3 is 0 Å². The van der Waals surface area contributed by atoms with E-state index in [1.54, 1.807) is 0 Å². The minimum Gasteiger partial charge on any atom is -0.380 e. The normalized spacial score (nSPS) is 11.9. The number of hydrogen-bond donors (Lipinski definition) is 1. The summed E-state index contributed by atoms with van der Waals surface area (Å²) in [6.07, 6.45) is 2.30. The Bertz CT molecular complexity index is 107. The van der Waals surface area contributed by atoms with Crippen LogP contribution in [0, 0.1) is 11.8 Å². The molecule has 0 heterocycles. The fourth-order valence-electron chi connectivity index (χ4n) is 0.417. The Balaban J connectivity index is 3.33. The molecule has 0 saturated heterocycles. The second-order valence-electron chi connectivity index (χ2n) is 2.00. The van der Waals surface area contributed by atoms with E-state index < -0.39 is 6.10 Å². The third-order valence-corrected chi connectivity index (χ3v) is 1.03. The largest absolute Gasteiger partial charge is 0.380 e. The van der Waals surface area contributed by atoms with Crippen LogP contribution in [-0.4, -0.2) is 11.2 Å². The van der Waals surface area contributed by atoms with Crippen molar-refractivity contribution in [2.75, 3.05) is 0 Å². The average molecular weight is 126 g/mol. The molecule has 52 valence electrons. The first-order valence-corrected chi connectivity index (χ1v) is 3.47. The van der Waals surface area contributed by atoms with Crippen LogP contribution in [0.25, 0.3) is 0 Å². The molecule has 0 aliphatic rings. The van der Waals surface area contributed by atoms with Gasteiger partial charge in [-0.2, -0.15) is 0 Å². The standard InChI is InChI=1S/C8H14O/c1-3-5-6-7-8(9)4-2/h8-9H,3-5H2,1-2H3/t8-/m0/s1. The van der Waals surface area contributed by atoms with Crippen LogP contribution in [-0.2, 0) is 0 Å². The summed E-state index contributed by atoms with van der Waals surface area (Å²) in [7, 11) is 0. The van der Waals surface area contributed by atoms with Crippen LogP contribution < -0.4 is 0 Å². The molecular formula is C8H14O. The Morgan fingerprint density at radius 2 is 2.11 bits per heavy atom. The van der Waals surface area contributed by atoms with Crippen LogP contribution in [0.3, 0.4) is 0 Å². The smallest absolute Gasteiger partial charge is 0.114 e. The van der Waals surface area contributed by atoms with Gasteiger partial charge < -0.3 is 5.11 Å². The third kappa shape index (κ3) is 5.39. The molecule has 0 unspecified atom stereocenters. The van der Waals surface area contributed by atoms with Crippen molar-refractivity contribution in [2.45, 2.75) is 39.2 Å². The highest BCUT2D eigenvalue weighted by Gasteiger charge is 1.89. The Kier molecular flexibility index (Phi) is 5.35. The molecule has 1 N–H and O–H groups in total. The van der Waals surface area contributed by atoms with Crippen LogP contribution >= 0.6 is 0 Å². The molecule has 0 bridgehead atoms. The van der Waals surface area contributed by atoms with E-state index in [-0.39, 0.29) is 0 Å². The van der Waals surface area contributed by atoms with Gasteiger partial charge in [-0.3, -0.25) is 0 Å². The minimum atomic E-state index is -0.406. The van der Waals surface area contributed by atoms with Crippen molar-refractivity contribution in [3.63, 3.8) is 0 Å². The van der Waals surface area contributed by atoms with E-state index in [1.165, 1.54) is 0 Å². The van der Waals surface area contributed by atoms with E-state index in [0.29, 0.717) is 0 Å². The zero-order valence-corrected chi connectivity index (χ0v) is 6.15. The summed E-state index contributed by atoms with van der Waals surface area (Å²) in [6.45, 7) is 4.00. The van der Waals surface area contributed by atoms with Gasteiger partial charge in [-0.05, 0) is 12.8 Å². The van der Waals surface area contributed by atoms with Crippen molar-refractivity contribution in [1.29, 1.82) is 0 Å². The van der Waals surface area contributed by atoms with Gasteiger partial charge in [-0.25, -0.2) is 0 Å². The van der Waals surface area contributed by atoms with Gasteiger partial charge in [0.05, 0.1) is 0 Å². The summed E-state index contributed by atoms with van der Waals surface area (Å²) in [5.74, 6) is 5.62. The van der Waals surface area contributed by atoms with Gasteiger partial charge in [0.1, 0.15) is 6.10 Å². The molecule has 0 radical (unpaired) electrons. The Morgan fingerprint density at radius 3 is 2.56 bits per heavy atom. The predicted octanol–water partition coefficient (Wildman–Crippen LogP) is 1.56. The fourth-order valence-corrected chi connectivity index (χ4v) is 0.417. The molecule has 0 aromatic rings. The molecule has 0 aliphatic carbocycles. The van der Waals surface area contributed by atoms with Crippen LogP contribution in [0.4, 0.5) is 0 Å². The Hall–Kier alpha value is -0.480.